The summed E-state index contributed by atoms with van der Waals surface area (Å²) in [7, 11) is 0. The highest BCUT2D eigenvalue weighted by molar-refractivity contribution is 5.37. The molecule has 0 aromatic heterocycles. The monoisotopic (exact) mass is 305 g/mol. The molecule has 3 nitrogen and oxygen atoms in total. The summed E-state index contributed by atoms with van der Waals surface area (Å²) in [5.41, 5.74) is 1.54. The van der Waals surface area contributed by atoms with E-state index in [0.717, 1.165) is 57.1 Å². The molecule has 1 aliphatic carbocycles. The van der Waals surface area contributed by atoms with Crippen molar-refractivity contribution in [1.82, 2.24) is 5.32 Å². The number of halogens is 1. The largest absolute Gasteiger partial charge is 0.493 e. The van der Waals surface area contributed by atoms with Crippen molar-refractivity contribution in [1.29, 1.82) is 0 Å². The molecule has 2 aliphatic heterocycles. The molecule has 22 heavy (non-hydrogen) atoms. The van der Waals surface area contributed by atoms with E-state index in [1.807, 2.05) is 6.07 Å². The Morgan fingerprint density at radius 1 is 1.23 bits per heavy atom. The molecule has 3 fully saturated rings. The summed E-state index contributed by atoms with van der Waals surface area (Å²) in [5, 5.41) is 3.36. The molecule has 0 radical (unpaired) electrons. The molecule has 2 saturated heterocycles. The lowest BCUT2D eigenvalue weighted by atomic mass is 9.61. The van der Waals surface area contributed by atoms with Crippen molar-refractivity contribution in [2.24, 2.45) is 11.3 Å². The van der Waals surface area contributed by atoms with Crippen molar-refractivity contribution in [3.63, 3.8) is 0 Å². The average Bonchev–Trinajstić information content (AvgIpc) is 2.46. The van der Waals surface area contributed by atoms with E-state index in [1.165, 1.54) is 18.9 Å². The first-order valence-electron chi connectivity index (χ1n) is 8.45. The fraction of sp³-hybridized carbons (Fsp3) is 0.667. The SMILES string of the molecule is Fc1ccc(OCC2CC3(COC3)C2)c(C2CCNCC2)c1. The zero-order valence-corrected chi connectivity index (χ0v) is 12.9. The van der Waals surface area contributed by atoms with Crippen molar-refractivity contribution in [2.45, 2.75) is 31.6 Å². The van der Waals surface area contributed by atoms with Crippen LogP contribution < -0.4 is 10.1 Å². The zero-order chi connectivity index (χ0) is 15.0. The lowest BCUT2D eigenvalue weighted by Crippen LogP contribution is -2.53. The topological polar surface area (TPSA) is 30.5 Å². The predicted octanol–water partition coefficient (Wildman–Crippen LogP) is 3.10. The van der Waals surface area contributed by atoms with Gasteiger partial charge in [-0.2, -0.15) is 0 Å². The van der Waals surface area contributed by atoms with Gasteiger partial charge in [-0.3, -0.25) is 0 Å². The normalized spacial score (nSPS) is 24.8. The molecular formula is C18H24FNO2. The highest BCUT2D eigenvalue weighted by atomic mass is 19.1. The average molecular weight is 305 g/mol. The number of nitrogens with one attached hydrogen (secondary N) is 1. The second-order valence-corrected chi connectivity index (χ2v) is 7.28. The molecule has 1 N–H and O–H groups in total. The van der Waals surface area contributed by atoms with Crippen LogP contribution in [0.3, 0.4) is 0 Å². The van der Waals surface area contributed by atoms with Crippen LogP contribution >= 0.6 is 0 Å². The molecule has 1 aromatic rings. The van der Waals surface area contributed by atoms with Gasteiger partial charge in [0, 0.05) is 11.0 Å². The number of piperidine rings is 1. The van der Waals surface area contributed by atoms with Crippen LogP contribution in [0.4, 0.5) is 4.39 Å². The van der Waals surface area contributed by atoms with E-state index in [1.54, 1.807) is 6.07 Å². The molecule has 2 heterocycles. The molecule has 0 unspecified atom stereocenters. The first kappa shape index (κ1) is 14.5. The van der Waals surface area contributed by atoms with E-state index in [0.29, 0.717) is 17.3 Å². The Balaban J connectivity index is 1.40. The lowest BCUT2D eigenvalue weighted by molar-refractivity contribution is -0.183. The third-order valence-electron chi connectivity index (χ3n) is 5.49. The van der Waals surface area contributed by atoms with Crippen LogP contribution in [0.1, 0.15) is 37.2 Å². The summed E-state index contributed by atoms with van der Waals surface area (Å²) >= 11 is 0. The molecule has 1 aromatic carbocycles. The van der Waals surface area contributed by atoms with Gasteiger partial charge in [-0.25, -0.2) is 4.39 Å². The lowest BCUT2D eigenvalue weighted by Gasteiger charge is -2.53. The van der Waals surface area contributed by atoms with E-state index in [9.17, 15) is 4.39 Å². The molecule has 4 rings (SSSR count). The number of benzene rings is 1. The van der Waals surface area contributed by atoms with Crippen LogP contribution in [0.5, 0.6) is 5.75 Å². The van der Waals surface area contributed by atoms with E-state index in [2.05, 4.69) is 5.32 Å². The number of rotatable bonds is 4. The molecule has 120 valence electrons. The van der Waals surface area contributed by atoms with E-state index < -0.39 is 0 Å². The summed E-state index contributed by atoms with van der Waals surface area (Å²) in [4.78, 5) is 0. The maximum absolute atomic E-state index is 13.6. The van der Waals surface area contributed by atoms with Gasteiger partial charge in [0.25, 0.3) is 0 Å². The number of hydrogen-bond donors (Lipinski definition) is 1. The van der Waals surface area contributed by atoms with Gasteiger partial charge in [0.05, 0.1) is 19.8 Å². The Morgan fingerprint density at radius 3 is 2.68 bits per heavy atom. The van der Waals surface area contributed by atoms with Crippen molar-refractivity contribution < 1.29 is 13.9 Å². The zero-order valence-electron chi connectivity index (χ0n) is 12.9. The Labute approximate surface area is 131 Å². The third kappa shape index (κ3) is 2.74. The highest BCUT2D eigenvalue weighted by Gasteiger charge is 2.49. The molecule has 1 spiro atoms. The van der Waals surface area contributed by atoms with Gasteiger partial charge < -0.3 is 14.8 Å². The van der Waals surface area contributed by atoms with Crippen LogP contribution in [-0.4, -0.2) is 32.9 Å². The fourth-order valence-corrected chi connectivity index (χ4v) is 4.22. The predicted molar refractivity (Wildman–Crippen MR) is 82.7 cm³/mol. The smallest absolute Gasteiger partial charge is 0.123 e. The van der Waals surface area contributed by atoms with Crippen molar-refractivity contribution in [2.75, 3.05) is 32.9 Å². The minimum absolute atomic E-state index is 0.157. The molecule has 1 saturated carbocycles. The maximum atomic E-state index is 13.6. The van der Waals surface area contributed by atoms with Crippen molar-refractivity contribution in [3.8, 4) is 5.75 Å². The second-order valence-electron chi connectivity index (χ2n) is 7.28. The standard InChI is InChI=1S/C18H24FNO2/c19-15-1-2-17(16(7-15)14-3-5-20-6-4-14)22-10-13-8-18(9-13)11-21-12-18/h1-2,7,13-14,20H,3-6,8-12H2. The first-order chi connectivity index (χ1) is 10.7. The first-order valence-corrected chi connectivity index (χ1v) is 8.45. The molecular weight excluding hydrogens is 281 g/mol. The summed E-state index contributed by atoms with van der Waals surface area (Å²) in [6, 6.07) is 5.00. The van der Waals surface area contributed by atoms with E-state index in [-0.39, 0.29) is 5.82 Å². The number of hydrogen-bond acceptors (Lipinski definition) is 3. The Bertz CT molecular complexity index is 530. The molecule has 4 heteroatoms. The molecule has 0 bridgehead atoms. The van der Waals surface area contributed by atoms with Gasteiger partial charge in [-0.15, -0.1) is 0 Å². The van der Waals surface area contributed by atoms with Crippen LogP contribution in [0.25, 0.3) is 0 Å². The summed E-state index contributed by atoms with van der Waals surface area (Å²) < 4.78 is 25.0. The molecule has 3 aliphatic rings. The van der Waals surface area contributed by atoms with Crippen LogP contribution in [0.2, 0.25) is 0 Å². The third-order valence-corrected chi connectivity index (χ3v) is 5.49. The van der Waals surface area contributed by atoms with Gasteiger partial charge >= 0.3 is 0 Å². The van der Waals surface area contributed by atoms with Crippen LogP contribution in [-0.2, 0) is 4.74 Å². The van der Waals surface area contributed by atoms with Gasteiger partial charge in [-0.1, -0.05) is 0 Å². The Hall–Kier alpha value is -1.13. The van der Waals surface area contributed by atoms with Gasteiger partial charge in [0.1, 0.15) is 11.6 Å². The van der Waals surface area contributed by atoms with Gasteiger partial charge in [0.15, 0.2) is 0 Å². The quantitative estimate of drug-likeness (QED) is 0.927. The van der Waals surface area contributed by atoms with Crippen LogP contribution in [0.15, 0.2) is 18.2 Å². The second kappa shape index (κ2) is 5.82. The van der Waals surface area contributed by atoms with Gasteiger partial charge in [-0.05, 0) is 68.8 Å². The summed E-state index contributed by atoms with van der Waals surface area (Å²) in [5.74, 6) is 1.78. The summed E-state index contributed by atoms with van der Waals surface area (Å²) in [6.07, 6.45) is 4.56. The Kier molecular flexibility index (Phi) is 3.82. The van der Waals surface area contributed by atoms with Crippen LogP contribution in [0, 0.1) is 17.2 Å². The van der Waals surface area contributed by atoms with E-state index >= 15 is 0 Å². The Morgan fingerprint density at radius 2 is 2.00 bits per heavy atom. The summed E-state index contributed by atoms with van der Waals surface area (Å²) in [6.45, 7) is 4.63. The van der Waals surface area contributed by atoms with E-state index in [4.69, 9.17) is 9.47 Å². The minimum atomic E-state index is -0.157. The fourth-order valence-electron chi connectivity index (χ4n) is 4.22. The molecule has 0 amide bonds. The minimum Gasteiger partial charge on any atom is -0.493 e. The van der Waals surface area contributed by atoms with Crippen molar-refractivity contribution >= 4 is 0 Å². The van der Waals surface area contributed by atoms with Gasteiger partial charge in [0.2, 0.25) is 0 Å². The van der Waals surface area contributed by atoms with Crippen molar-refractivity contribution in [3.05, 3.63) is 29.6 Å². The maximum Gasteiger partial charge on any atom is 0.123 e. The molecule has 0 atom stereocenters. The number of ether oxygens (including phenoxy) is 2. The highest BCUT2D eigenvalue weighted by Crippen LogP contribution is 2.50.